The van der Waals surface area contributed by atoms with E-state index in [9.17, 15) is 9.59 Å². The SMILES string of the molecule is Cc1cc(C(=O)NCC2CCCCN2CCn2ncccc2=O)n(C)n1. The van der Waals surface area contributed by atoms with Gasteiger partial charge in [0.2, 0.25) is 0 Å². The Bertz CT molecular complexity index is 812. The van der Waals surface area contributed by atoms with Crippen LogP contribution in [0.4, 0.5) is 0 Å². The lowest BCUT2D eigenvalue weighted by Crippen LogP contribution is -2.48. The molecular formula is C18H26N6O2. The Balaban J connectivity index is 1.57. The van der Waals surface area contributed by atoms with E-state index in [2.05, 4.69) is 20.4 Å². The highest BCUT2D eigenvalue weighted by molar-refractivity contribution is 5.92. The Morgan fingerprint density at radius 2 is 2.19 bits per heavy atom. The third-order valence-corrected chi connectivity index (χ3v) is 4.87. The summed E-state index contributed by atoms with van der Waals surface area (Å²) >= 11 is 0. The van der Waals surface area contributed by atoms with Gasteiger partial charge < -0.3 is 5.32 Å². The van der Waals surface area contributed by atoms with Crippen molar-refractivity contribution in [2.75, 3.05) is 19.6 Å². The number of hydrogen-bond acceptors (Lipinski definition) is 5. The molecule has 1 aliphatic rings. The molecule has 1 saturated heterocycles. The summed E-state index contributed by atoms with van der Waals surface area (Å²) in [6, 6.07) is 5.25. The van der Waals surface area contributed by atoms with Crippen LogP contribution in [0.3, 0.4) is 0 Å². The average molecular weight is 358 g/mol. The standard InChI is InChI=1S/C18H26N6O2/c1-14-12-16(22(2)21-14)18(26)19-13-15-6-3-4-9-23(15)10-11-24-17(25)7-5-8-20-24/h5,7-8,12,15H,3-4,6,9-11,13H2,1-2H3,(H,19,26). The molecule has 1 unspecified atom stereocenters. The van der Waals surface area contributed by atoms with Crippen LogP contribution >= 0.6 is 0 Å². The van der Waals surface area contributed by atoms with E-state index in [4.69, 9.17) is 0 Å². The minimum atomic E-state index is -0.0976. The molecule has 140 valence electrons. The van der Waals surface area contributed by atoms with Gasteiger partial charge in [-0.2, -0.15) is 10.2 Å². The van der Waals surface area contributed by atoms with Crippen LogP contribution in [0.15, 0.2) is 29.2 Å². The molecule has 3 rings (SSSR count). The van der Waals surface area contributed by atoms with Gasteiger partial charge in [0.05, 0.1) is 12.2 Å². The van der Waals surface area contributed by atoms with Crippen molar-refractivity contribution in [1.29, 1.82) is 0 Å². The number of carbonyl (C=O) groups is 1. The second-order valence-electron chi connectivity index (χ2n) is 6.78. The maximum absolute atomic E-state index is 12.4. The molecule has 0 aliphatic carbocycles. The lowest BCUT2D eigenvalue weighted by Gasteiger charge is -2.35. The van der Waals surface area contributed by atoms with Crippen LogP contribution in [0.1, 0.15) is 35.4 Å². The molecule has 0 aromatic carbocycles. The molecule has 0 radical (unpaired) electrons. The molecule has 2 aromatic rings. The maximum Gasteiger partial charge on any atom is 0.269 e. The summed E-state index contributed by atoms with van der Waals surface area (Å²) in [6.45, 7) is 4.76. The summed E-state index contributed by atoms with van der Waals surface area (Å²) in [5.74, 6) is -0.0976. The number of aryl methyl sites for hydroxylation is 2. The van der Waals surface area contributed by atoms with Crippen LogP contribution < -0.4 is 10.9 Å². The molecule has 0 bridgehead atoms. The van der Waals surface area contributed by atoms with Gasteiger partial charge in [-0.1, -0.05) is 6.42 Å². The second-order valence-corrected chi connectivity index (χ2v) is 6.78. The Labute approximate surface area is 152 Å². The van der Waals surface area contributed by atoms with Crippen LogP contribution in [0.25, 0.3) is 0 Å². The molecule has 1 fully saturated rings. The second kappa shape index (κ2) is 8.27. The van der Waals surface area contributed by atoms with Gasteiger partial charge in [-0.05, 0) is 38.4 Å². The van der Waals surface area contributed by atoms with Crippen molar-refractivity contribution in [3.63, 3.8) is 0 Å². The first-order valence-electron chi connectivity index (χ1n) is 9.09. The van der Waals surface area contributed by atoms with Crippen molar-refractivity contribution in [3.05, 3.63) is 46.1 Å². The van der Waals surface area contributed by atoms with Gasteiger partial charge in [-0.15, -0.1) is 0 Å². The number of nitrogens with one attached hydrogen (secondary N) is 1. The molecule has 26 heavy (non-hydrogen) atoms. The third-order valence-electron chi connectivity index (χ3n) is 4.87. The van der Waals surface area contributed by atoms with E-state index in [1.807, 2.05) is 6.92 Å². The Hall–Kier alpha value is -2.48. The van der Waals surface area contributed by atoms with E-state index in [1.54, 1.807) is 30.1 Å². The summed E-state index contributed by atoms with van der Waals surface area (Å²) in [6.07, 6.45) is 4.97. The Morgan fingerprint density at radius 3 is 2.92 bits per heavy atom. The predicted octanol–water partition coefficient (Wildman–Crippen LogP) is 0.570. The lowest BCUT2D eigenvalue weighted by atomic mass is 10.0. The number of amides is 1. The first kappa shape index (κ1) is 18.3. The highest BCUT2D eigenvalue weighted by Gasteiger charge is 2.23. The first-order chi connectivity index (χ1) is 12.5. The van der Waals surface area contributed by atoms with Gasteiger partial charge in [0.15, 0.2) is 0 Å². The van der Waals surface area contributed by atoms with Gasteiger partial charge in [0, 0.05) is 38.4 Å². The molecule has 8 heteroatoms. The molecule has 0 saturated carbocycles. The average Bonchev–Trinajstić information content (AvgIpc) is 2.98. The minimum Gasteiger partial charge on any atom is -0.349 e. The zero-order valence-corrected chi connectivity index (χ0v) is 15.4. The summed E-state index contributed by atoms with van der Waals surface area (Å²) in [7, 11) is 1.78. The van der Waals surface area contributed by atoms with Crippen LogP contribution in [-0.4, -0.2) is 56.0 Å². The molecule has 1 atom stereocenters. The number of likely N-dealkylation sites (tertiary alicyclic amines) is 1. The van der Waals surface area contributed by atoms with Crippen LogP contribution in [0.5, 0.6) is 0 Å². The molecular weight excluding hydrogens is 332 g/mol. The van der Waals surface area contributed by atoms with Crippen molar-refractivity contribution in [2.24, 2.45) is 7.05 Å². The number of rotatable bonds is 6. The summed E-state index contributed by atoms with van der Waals surface area (Å²) in [4.78, 5) is 26.5. The lowest BCUT2D eigenvalue weighted by molar-refractivity contribution is 0.0900. The topological polar surface area (TPSA) is 85.0 Å². The van der Waals surface area contributed by atoms with E-state index in [0.29, 0.717) is 18.8 Å². The highest BCUT2D eigenvalue weighted by Crippen LogP contribution is 2.16. The van der Waals surface area contributed by atoms with Crippen molar-refractivity contribution in [2.45, 2.75) is 38.8 Å². The summed E-state index contributed by atoms with van der Waals surface area (Å²) in [5.41, 5.74) is 1.32. The van der Waals surface area contributed by atoms with E-state index in [1.165, 1.54) is 10.7 Å². The van der Waals surface area contributed by atoms with Crippen LogP contribution in [-0.2, 0) is 13.6 Å². The normalized spacial score (nSPS) is 18.0. The Kier molecular flexibility index (Phi) is 5.82. The molecule has 2 aromatic heterocycles. The molecule has 8 nitrogen and oxygen atoms in total. The van der Waals surface area contributed by atoms with Crippen molar-refractivity contribution < 1.29 is 4.79 Å². The van der Waals surface area contributed by atoms with E-state index >= 15 is 0 Å². The third kappa shape index (κ3) is 4.37. The fraction of sp³-hybridized carbons (Fsp3) is 0.556. The van der Waals surface area contributed by atoms with Crippen LogP contribution in [0, 0.1) is 6.92 Å². The van der Waals surface area contributed by atoms with Gasteiger partial charge in [-0.3, -0.25) is 19.2 Å². The molecule has 1 amide bonds. The number of nitrogens with zero attached hydrogens (tertiary/aromatic N) is 5. The minimum absolute atomic E-state index is 0.0825. The number of piperidine rings is 1. The zero-order chi connectivity index (χ0) is 18.5. The molecule has 1 N–H and O–H groups in total. The predicted molar refractivity (Wildman–Crippen MR) is 98.0 cm³/mol. The van der Waals surface area contributed by atoms with Gasteiger partial charge in [0.25, 0.3) is 11.5 Å². The fourth-order valence-electron chi connectivity index (χ4n) is 3.49. The largest absolute Gasteiger partial charge is 0.349 e. The highest BCUT2D eigenvalue weighted by atomic mass is 16.2. The number of carbonyl (C=O) groups excluding carboxylic acids is 1. The van der Waals surface area contributed by atoms with E-state index < -0.39 is 0 Å². The monoisotopic (exact) mass is 358 g/mol. The molecule has 3 heterocycles. The van der Waals surface area contributed by atoms with Crippen molar-refractivity contribution >= 4 is 5.91 Å². The first-order valence-corrected chi connectivity index (χ1v) is 9.09. The van der Waals surface area contributed by atoms with Gasteiger partial charge >= 0.3 is 0 Å². The van der Waals surface area contributed by atoms with E-state index in [0.717, 1.165) is 38.0 Å². The summed E-state index contributed by atoms with van der Waals surface area (Å²) in [5, 5.41) is 11.4. The van der Waals surface area contributed by atoms with Crippen molar-refractivity contribution in [1.82, 2.24) is 29.8 Å². The number of aromatic nitrogens is 4. The number of hydrogen-bond donors (Lipinski definition) is 1. The zero-order valence-electron chi connectivity index (χ0n) is 15.4. The fourth-order valence-corrected chi connectivity index (χ4v) is 3.49. The summed E-state index contributed by atoms with van der Waals surface area (Å²) < 4.78 is 3.10. The maximum atomic E-state index is 12.4. The van der Waals surface area contributed by atoms with Crippen LogP contribution in [0.2, 0.25) is 0 Å². The molecule has 0 spiro atoms. The van der Waals surface area contributed by atoms with Gasteiger partial charge in [-0.25, -0.2) is 4.68 Å². The van der Waals surface area contributed by atoms with E-state index in [-0.39, 0.29) is 17.5 Å². The Morgan fingerprint density at radius 1 is 1.35 bits per heavy atom. The smallest absolute Gasteiger partial charge is 0.269 e. The molecule has 1 aliphatic heterocycles. The quantitative estimate of drug-likeness (QED) is 0.816. The van der Waals surface area contributed by atoms with Crippen molar-refractivity contribution in [3.8, 4) is 0 Å². The van der Waals surface area contributed by atoms with Gasteiger partial charge in [0.1, 0.15) is 5.69 Å².